The molecular formula is C14H11Br2N3O6. The summed E-state index contributed by atoms with van der Waals surface area (Å²) in [4.78, 5) is 37.1. The first kappa shape index (κ1) is 18.9. The summed E-state index contributed by atoms with van der Waals surface area (Å²) in [5.41, 5.74) is -2.88. The van der Waals surface area contributed by atoms with Gasteiger partial charge in [-0.15, -0.1) is 0 Å². The van der Waals surface area contributed by atoms with Gasteiger partial charge in [0, 0.05) is 14.5 Å². The molecule has 2 aromatic rings. The first-order chi connectivity index (χ1) is 11.8. The van der Waals surface area contributed by atoms with E-state index < -0.39 is 21.9 Å². The Kier molecular flexibility index (Phi) is 5.80. The van der Waals surface area contributed by atoms with Crippen molar-refractivity contribution in [3.05, 3.63) is 57.2 Å². The topological polar surface area (TPSA) is 138 Å². The molecule has 3 N–H and O–H groups in total. The van der Waals surface area contributed by atoms with Crippen molar-refractivity contribution in [2.75, 3.05) is 6.61 Å². The molecule has 0 spiro atoms. The van der Waals surface area contributed by atoms with Crippen LogP contribution in [-0.4, -0.2) is 26.6 Å². The Labute approximate surface area is 156 Å². The van der Waals surface area contributed by atoms with E-state index in [0.717, 1.165) is 6.08 Å². The number of hydrogen-bond acceptors (Lipinski definition) is 6. The Morgan fingerprint density at radius 3 is 2.60 bits per heavy atom. The number of rotatable bonds is 5. The molecule has 0 unspecified atom stereocenters. The Bertz CT molecular complexity index is 980. The molecule has 1 heterocycles. The van der Waals surface area contributed by atoms with Crippen LogP contribution in [0.4, 0.5) is 5.69 Å². The van der Waals surface area contributed by atoms with E-state index >= 15 is 0 Å². The molecule has 0 bridgehead atoms. The Morgan fingerprint density at radius 2 is 2.00 bits per heavy atom. The van der Waals surface area contributed by atoms with Gasteiger partial charge in [0.15, 0.2) is 11.5 Å². The molecule has 0 radical (unpaired) electrons. The third kappa shape index (κ3) is 3.99. The second kappa shape index (κ2) is 7.66. The third-order valence-electron chi connectivity index (χ3n) is 3.04. The van der Waals surface area contributed by atoms with Crippen LogP contribution in [0.1, 0.15) is 18.2 Å². The lowest BCUT2D eigenvalue weighted by Crippen LogP contribution is -2.25. The van der Waals surface area contributed by atoms with E-state index in [1.165, 1.54) is 6.08 Å². The molecule has 1 aromatic heterocycles. The number of phenolic OH excluding ortho intramolecular Hbond substituents is 1. The van der Waals surface area contributed by atoms with E-state index in [1.54, 1.807) is 18.0 Å². The molecule has 9 nitrogen and oxygen atoms in total. The van der Waals surface area contributed by atoms with Gasteiger partial charge in [0.2, 0.25) is 0 Å². The zero-order chi connectivity index (χ0) is 18.7. The minimum atomic E-state index is -1.12. The van der Waals surface area contributed by atoms with Gasteiger partial charge in [-0.3, -0.25) is 19.9 Å². The number of hydrogen-bond donors (Lipinski definition) is 3. The number of benzene rings is 1. The average Bonchev–Trinajstić information content (AvgIpc) is 2.51. The predicted molar refractivity (Wildman–Crippen MR) is 97.9 cm³/mol. The molecule has 0 saturated heterocycles. The maximum absolute atomic E-state index is 11.6. The average molecular weight is 477 g/mol. The molecule has 0 aliphatic heterocycles. The third-order valence-corrected chi connectivity index (χ3v) is 5.05. The van der Waals surface area contributed by atoms with Crippen molar-refractivity contribution in [2.45, 2.75) is 6.92 Å². The van der Waals surface area contributed by atoms with Gasteiger partial charge in [-0.05, 0) is 57.0 Å². The smallest absolute Gasteiger partial charge is 0.357 e. The zero-order valence-electron chi connectivity index (χ0n) is 12.6. The van der Waals surface area contributed by atoms with Crippen molar-refractivity contribution >= 4 is 49.7 Å². The summed E-state index contributed by atoms with van der Waals surface area (Å²) in [6.45, 7) is 2.06. The van der Waals surface area contributed by atoms with Crippen LogP contribution in [0.5, 0.6) is 11.5 Å². The second-order valence-electron chi connectivity index (χ2n) is 4.63. The molecule has 0 saturated carbocycles. The van der Waals surface area contributed by atoms with Crippen LogP contribution >= 0.6 is 31.9 Å². The monoisotopic (exact) mass is 475 g/mol. The van der Waals surface area contributed by atoms with Gasteiger partial charge in [0.05, 0.1) is 11.5 Å². The van der Waals surface area contributed by atoms with Crippen LogP contribution in [0.2, 0.25) is 0 Å². The number of halogens is 2. The molecule has 1 aromatic carbocycles. The molecule has 0 aliphatic rings. The molecular weight excluding hydrogens is 466 g/mol. The van der Waals surface area contributed by atoms with Gasteiger partial charge in [-0.1, -0.05) is 0 Å². The molecule has 0 aliphatic carbocycles. The predicted octanol–water partition coefficient (Wildman–Crippen LogP) is 2.77. The summed E-state index contributed by atoms with van der Waals surface area (Å²) in [5.74, 6) is -0.00542. The minimum absolute atomic E-state index is 0.200. The number of aromatic amines is 2. The van der Waals surface area contributed by atoms with Gasteiger partial charge < -0.3 is 14.8 Å². The molecule has 0 atom stereocenters. The molecule has 2 rings (SSSR count). The number of nitrogens with one attached hydrogen (secondary N) is 2. The lowest BCUT2D eigenvalue weighted by Gasteiger charge is -2.11. The van der Waals surface area contributed by atoms with Crippen LogP contribution in [0.3, 0.4) is 0 Å². The number of phenols is 1. The van der Waals surface area contributed by atoms with E-state index in [-0.39, 0.29) is 22.8 Å². The van der Waals surface area contributed by atoms with Crippen molar-refractivity contribution in [2.24, 2.45) is 0 Å². The number of ether oxygens (including phenoxy) is 1. The zero-order valence-corrected chi connectivity index (χ0v) is 15.8. The van der Waals surface area contributed by atoms with E-state index in [9.17, 15) is 24.8 Å². The normalized spacial score (nSPS) is 11.0. The first-order valence-electron chi connectivity index (χ1n) is 6.79. The molecule has 132 valence electrons. The van der Waals surface area contributed by atoms with Gasteiger partial charge in [-0.2, -0.15) is 0 Å². The highest BCUT2D eigenvalue weighted by atomic mass is 79.9. The van der Waals surface area contributed by atoms with Crippen molar-refractivity contribution < 1.29 is 14.8 Å². The summed E-state index contributed by atoms with van der Waals surface area (Å²) in [5, 5.41) is 21.3. The highest BCUT2D eigenvalue weighted by molar-refractivity contribution is 9.13. The Hall–Kier alpha value is -2.40. The van der Waals surface area contributed by atoms with Crippen molar-refractivity contribution in [3.8, 4) is 11.5 Å². The largest absolute Gasteiger partial charge is 0.504 e. The molecule has 0 amide bonds. The minimum Gasteiger partial charge on any atom is -0.504 e. The molecule has 25 heavy (non-hydrogen) atoms. The number of nitro groups is 1. The molecule has 0 fully saturated rings. The maximum atomic E-state index is 11.6. The van der Waals surface area contributed by atoms with E-state index in [2.05, 4.69) is 36.8 Å². The fourth-order valence-electron chi connectivity index (χ4n) is 2.00. The lowest BCUT2D eigenvalue weighted by molar-refractivity contribution is -0.386. The maximum Gasteiger partial charge on any atom is 0.357 e. The van der Waals surface area contributed by atoms with Gasteiger partial charge in [-0.25, -0.2) is 4.79 Å². The number of H-pyrrole nitrogens is 2. The highest BCUT2D eigenvalue weighted by Crippen LogP contribution is 2.41. The first-order valence-corrected chi connectivity index (χ1v) is 8.37. The van der Waals surface area contributed by atoms with Gasteiger partial charge in [0.25, 0.3) is 0 Å². The van der Waals surface area contributed by atoms with Crippen molar-refractivity contribution in [1.29, 1.82) is 0 Å². The standard InChI is InChI=1S/C14H11Br2N3O6/c1-2-25-9-5-7(15)10(16)6(12(9)20)3-4-8-11(19(23)24)13(21)18-14(22)17-8/h3-5,20H,2H2,1H3,(H2,17,18,21,22)/b4-3+. The Morgan fingerprint density at radius 1 is 1.32 bits per heavy atom. The lowest BCUT2D eigenvalue weighted by atomic mass is 10.1. The molecule has 11 heteroatoms. The summed E-state index contributed by atoms with van der Waals surface area (Å²) >= 11 is 6.57. The Balaban J connectivity index is 2.63. The number of aromatic nitrogens is 2. The van der Waals surface area contributed by atoms with Crippen LogP contribution in [0, 0.1) is 10.1 Å². The van der Waals surface area contributed by atoms with Crippen molar-refractivity contribution in [1.82, 2.24) is 9.97 Å². The summed E-state index contributed by atoms with van der Waals surface area (Å²) in [6, 6.07) is 1.55. The number of nitrogens with zero attached hydrogens (tertiary/aromatic N) is 1. The van der Waals surface area contributed by atoms with Crippen LogP contribution < -0.4 is 16.0 Å². The fraction of sp³-hybridized carbons (Fsp3) is 0.143. The van der Waals surface area contributed by atoms with Crippen molar-refractivity contribution in [3.63, 3.8) is 0 Å². The van der Waals surface area contributed by atoms with E-state index in [0.29, 0.717) is 15.6 Å². The van der Waals surface area contributed by atoms with Crippen LogP contribution in [0.25, 0.3) is 12.2 Å². The second-order valence-corrected chi connectivity index (χ2v) is 6.27. The quantitative estimate of drug-likeness (QED) is 0.448. The van der Waals surface area contributed by atoms with Crippen LogP contribution in [-0.2, 0) is 0 Å². The summed E-state index contributed by atoms with van der Waals surface area (Å²) in [6.07, 6.45) is 2.46. The van der Waals surface area contributed by atoms with Gasteiger partial charge in [0.1, 0.15) is 5.69 Å². The SMILES string of the molecule is CCOc1cc(Br)c(Br)c(/C=C/c2[nH]c(=O)[nH]c(=O)c2[N+](=O)[O-])c1O. The fourth-order valence-corrected chi connectivity index (χ4v) is 2.85. The summed E-state index contributed by atoms with van der Waals surface area (Å²) in [7, 11) is 0. The van der Waals surface area contributed by atoms with E-state index in [1.807, 2.05) is 0 Å². The van der Waals surface area contributed by atoms with E-state index in [4.69, 9.17) is 4.74 Å². The highest BCUT2D eigenvalue weighted by Gasteiger charge is 2.20. The number of aromatic hydroxyl groups is 1. The van der Waals surface area contributed by atoms with Crippen LogP contribution in [0.15, 0.2) is 24.6 Å². The van der Waals surface area contributed by atoms with Gasteiger partial charge >= 0.3 is 16.9 Å². The summed E-state index contributed by atoms with van der Waals surface area (Å²) < 4.78 is 6.34.